The Labute approximate surface area is 153 Å². The number of H-pyrrole nitrogens is 1. The number of aromatic nitrogens is 1. The first kappa shape index (κ1) is 16.9. The molecule has 2 aromatic carbocycles. The number of nitrogens with one attached hydrogen (secondary N) is 3. The maximum atomic E-state index is 13.4. The third-order valence-corrected chi connectivity index (χ3v) is 4.21. The summed E-state index contributed by atoms with van der Waals surface area (Å²) < 4.78 is 24.4. The van der Waals surface area contributed by atoms with E-state index in [0.717, 1.165) is 5.52 Å². The first-order valence-corrected chi connectivity index (χ1v) is 8.33. The monoisotopic (exact) mass is 369 g/mol. The number of halogens is 1. The van der Waals surface area contributed by atoms with Crippen molar-refractivity contribution in [2.75, 3.05) is 6.61 Å². The third-order valence-electron chi connectivity index (χ3n) is 4.21. The highest BCUT2D eigenvalue weighted by Gasteiger charge is 2.27. The first-order chi connectivity index (χ1) is 13.1. The van der Waals surface area contributed by atoms with Gasteiger partial charge in [0.25, 0.3) is 5.91 Å². The van der Waals surface area contributed by atoms with Gasteiger partial charge in [-0.25, -0.2) is 4.39 Å². The molecule has 0 bridgehead atoms. The normalized spacial score (nSPS) is 15.4. The van der Waals surface area contributed by atoms with Crippen LogP contribution in [0.4, 0.5) is 4.39 Å². The maximum absolute atomic E-state index is 13.4. The summed E-state index contributed by atoms with van der Waals surface area (Å²) in [5.41, 5.74) is 6.03. The molecule has 27 heavy (non-hydrogen) atoms. The molecule has 0 fully saturated rings. The molecule has 1 aliphatic rings. The molecule has 1 unspecified atom stereocenters. The number of rotatable bonds is 3. The number of hydrazine groups is 1. The van der Waals surface area contributed by atoms with Crippen molar-refractivity contribution < 1.29 is 23.5 Å². The lowest BCUT2D eigenvalue weighted by atomic mass is 10.1. The number of carbonyl (C=O) groups excluding carboxylic acids is 2. The summed E-state index contributed by atoms with van der Waals surface area (Å²) >= 11 is 0. The Morgan fingerprint density at radius 1 is 1.15 bits per heavy atom. The van der Waals surface area contributed by atoms with Crippen molar-refractivity contribution in [1.29, 1.82) is 0 Å². The summed E-state index contributed by atoms with van der Waals surface area (Å²) in [6.45, 7) is 0.0421. The van der Waals surface area contributed by atoms with E-state index in [9.17, 15) is 14.0 Å². The minimum atomic E-state index is -0.873. The Bertz CT molecular complexity index is 1020. The van der Waals surface area contributed by atoms with Crippen LogP contribution < -0.4 is 20.3 Å². The Morgan fingerprint density at radius 3 is 2.81 bits per heavy atom. The second-order valence-corrected chi connectivity index (χ2v) is 6.08. The van der Waals surface area contributed by atoms with Gasteiger partial charge in [-0.15, -0.1) is 0 Å². The molecule has 3 N–H and O–H groups in total. The average molecular weight is 369 g/mol. The Balaban J connectivity index is 1.34. The Hall–Kier alpha value is -3.55. The van der Waals surface area contributed by atoms with Gasteiger partial charge in [-0.2, -0.15) is 0 Å². The van der Waals surface area contributed by atoms with Crippen molar-refractivity contribution in [3.05, 3.63) is 60.0 Å². The van der Waals surface area contributed by atoms with Crippen molar-refractivity contribution in [1.82, 2.24) is 15.8 Å². The standard InChI is InChI=1S/C19H16FN3O4/c20-12-5-6-14-13(8-12)11(9-21-14)7-18(24)22-23-19(25)17-10-26-15-3-1-2-4-16(15)27-17/h1-6,8-9,17,21H,7,10H2,(H,22,24)(H,23,25). The van der Waals surface area contributed by atoms with E-state index in [0.29, 0.717) is 22.4 Å². The number of hydrogen-bond donors (Lipinski definition) is 3. The van der Waals surface area contributed by atoms with Crippen molar-refractivity contribution in [2.45, 2.75) is 12.5 Å². The number of amides is 2. The van der Waals surface area contributed by atoms with Gasteiger partial charge in [-0.05, 0) is 35.9 Å². The molecule has 0 saturated carbocycles. The average Bonchev–Trinajstić information content (AvgIpc) is 3.07. The summed E-state index contributed by atoms with van der Waals surface area (Å²) in [5.74, 6) is -0.312. The van der Waals surface area contributed by atoms with Crippen LogP contribution in [0, 0.1) is 5.82 Å². The van der Waals surface area contributed by atoms with Crippen LogP contribution in [0.25, 0.3) is 10.9 Å². The Kier molecular flexibility index (Phi) is 4.37. The highest BCUT2D eigenvalue weighted by molar-refractivity contribution is 5.90. The van der Waals surface area contributed by atoms with Crippen LogP contribution >= 0.6 is 0 Å². The predicted octanol–water partition coefficient (Wildman–Crippen LogP) is 1.84. The molecule has 1 atom stereocenters. The quantitative estimate of drug-likeness (QED) is 0.614. The van der Waals surface area contributed by atoms with E-state index in [1.807, 2.05) is 0 Å². The van der Waals surface area contributed by atoms with Crippen LogP contribution in [0.3, 0.4) is 0 Å². The van der Waals surface area contributed by atoms with Crippen LogP contribution in [-0.2, 0) is 16.0 Å². The number of aromatic amines is 1. The molecule has 2 amide bonds. The fourth-order valence-corrected chi connectivity index (χ4v) is 2.87. The topological polar surface area (TPSA) is 92.5 Å². The molecule has 2 heterocycles. The van der Waals surface area contributed by atoms with Crippen LogP contribution in [-0.4, -0.2) is 29.5 Å². The van der Waals surface area contributed by atoms with Crippen LogP contribution in [0.15, 0.2) is 48.7 Å². The minimum absolute atomic E-state index is 0.0193. The zero-order valence-corrected chi connectivity index (χ0v) is 14.1. The molecular formula is C19H16FN3O4. The summed E-state index contributed by atoms with van der Waals surface area (Å²) in [6, 6.07) is 11.3. The highest BCUT2D eigenvalue weighted by atomic mass is 19.1. The van der Waals surface area contributed by atoms with E-state index >= 15 is 0 Å². The van der Waals surface area contributed by atoms with Gasteiger partial charge in [0, 0.05) is 17.1 Å². The van der Waals surface area contributed by atoms with E-state index in [1.54, 1.807) is 36.5 Å². The second-order valence-electron chi connectivity index (χ2n) is 6.08. The van der Waals surface area contributed by atoms with E-state index in [-0.39, 0.29) is 18.8 Å². The molecule has 0 spiro atoms. The van der Waals surface area contributed by atoms with Crippen LogP contribution in [0.5, 0.6) is 11.5 Å². The minimum Gasteiger partial charge on any atom is -0.485 e. The molecular weight excluding hydrogens is 353 g/mol. The van der Waals surface area contributed by atoms with Gasteiger partial charge in [0.05, 0.1) is 6.42 Å². The zero-order valence-electron chi connectivity index (χ0n) is 14.1. The van der Waals surface area contributed by atoms with E-state index in [1.165, 1.54) is 12.1 Å². The van der Waals surface area contributed by atoms with E-state index in [2.05, 4.69) is 15.8 Å². The molecule has 8 heteroatoms. The molecule has 0 aliphatic carbocycles. The molecule has 0 radical (unpaired) electrons. The molecule has 7 nitrogen and oxygen atoms in total. The van der Waals surface area contributed by atoms with Crippen LogP contribution in [0.1, 0.15) is 5.56 Å². The van der Waals surface area contributed by atoms with Gasteiger partial charge in [0.2, 0.25) is 12.0 Å². The lowest BCUT2D eigenvalue weighted by Gasteiger charge is -2.25. The number of ether oxygens (including phenoxy) is 2. The number of carbonyl (C=O) groups is 2. The predicted molar refractivity (Wildman–Crippen MR) is 94.6 cm³/mol. The summed E-state index contributed by atoms with van der Waals surface area (Å²) in [4.78, 5) is 27.3. The number of hydrogen-bond acceptors (Lipinski definition) is 4. The molecule has 1 aliphatic heterocycles. The lowest BCUT2D eigenvalue weighted by Crippen LogP contribution is -2.51. The molecule has 1 aromatic heterocycles. The van der Waals surface area contributed by atoms with Crippen molar-refractivity contribution >= 4 is 22.7 Å². The van der Waals surface area contributed by atoms with Gasteiger partial charge in [0.1, 0.15) is 12.4 Å². The molecule has 0 saturated heterocycles. The SMILES string of the molecule is O=C(Cc1c[nH]c2ccc(F)cc12)NNC(=O)C1COc2ccccc2O1. The van der Waals surface area contributed by atoms with Crippen molar-refractivity contribution in [3.8, 4) is 11.5 Å². The van der Waals surface area contributed by atoms with E-state index < -0.39 is 17.9 Å². The van der Waals surface area contributed by atoms with Crippen molar-refractivity contribution in [3.63, 3.8) is 0 Å². The fourth-order valence-electron chi connectivity index (χ4n) is 2.87. The smallest absolute Gasteiger partial charge is 0.283 e. The summed E-state index contributed by atoms with van der Waals surface area (Å²) in [6.07, 6.45) is 0.747. The maximum Gasteiger partial charge on any atom is 0.283 e. The van der Waals surface area contributed by atoms with Crippen molar-refractivity contribution in [2.24, 2.45) is 0 Å². The van der Waals surface area contributed by atoms with Gasteiger partial charge in [-0.1, -0.05) is 12.1 Å². The molecule has 4 rings (SSSR count). The van der Waals surface area contributed by atoms with E-state index in [4.69, 9.17) is 9.47 Å². The fraction of sp³-hybridized carbons (Fsp3) is 0.158. The third kappa shape index (κ3) is 3.55. The van der Waals surface area contributed by atoms with Gasteiger partial charge >= 0.3 is 0 Å². The van der Waals surface area contributed by atoms with Crippen LogP contribution in [0.2, 0.25) is 0 Å². The van der Waals surface area contributed by atoms with Gasteiger partial charge in [-0.3, -0.25) is 20.4 Å². The summed E-state index contributed by atoms with van der Waals surface area (Å²) in [5, 5.41) is 0.622. The molecule has 138 valence electrons. The lowest BCUT2D eigenvalue weighted by molar-refractivity contribution is -0.134. The van der Waals surface area contributed by atoms with Gasteiger partial charge in [0.15, 0.2) is 11.5 Å². The highest BCUT2D eigenvalue weighted by Crippen LogP contribution is 2.30. The number of benzene rings is 2. The molecule has 3 aromatic rings. The largest absolute Gasteiger partial charge is 0.485 e. The Morgan fingerprint density at radius 2 is 1.96 bits per heavy atom. The number of fused-ring (bicyclic) bond motifs is 2. The first-order valence-electron chi connectivity index (χ1n) is 8.33. The zero-order chi connectivity index (χ0) is 18.8. The van der Waals surface area contributed by atoms with Gasteiger partial charge < -0.3 is 14.5 Å². The summed E-state index contributed by atoms with van der Waals surface area (Å²) in [7, 11) is 0. The number of para-hydroxylation sites is 2. The second kappa shape index (κ2) is 6.99.